The van der Waals surface area contributed by atoms with Gasteiger partial charge in [-0.05, 0) is 24.3 Å². The van der Waals surface area contributed by atoms with Crippen molar-refractivity contribution in [2.45, 2.75) is 39.2 Å². The largest absolute Gasteiger partial charge is 0.382 e. The Labute approximate surface area is 78.9 Å². The van der Waals surface area contributed by atoms with Crippen LogP contribution in [0.15, 0.2) is 12.3 Å². The Balaban J connectivity index is 2.04. The molecule has 3 heteroatoms. The molecule has 72 valence electrons. The van der Waals surface area contributed by atoms with Crippen molar-refractivity contribution >= 4 is 5.82 Å². The summed E-state index contributed by atoms with van der Waals surface area (Å²) in [6.45, 7) is 3.36. The van der Waals surface area contributed by atoms with Gasteiger partial charge in [0.05, 0.1) is 0 Å². The Morgan fingerprint density at radius 1 is 1.54 bits per heavy atom. The fourth-order valence-electron chi connectivity index (χ4n) is 2.24. The second kappa shape index (κ2) is 3.05. The Bertz CT molecular complexity index is 284. The number of aromatic nitrogens is 2. The molecule has 1 aromatic heterocycles. The maximum Gasteiger partial charge on any atom is 0.145 e. The van der Waals surface area contributed by atoms with Crippen molar-refractivity contribution in [3.05, 3.63) is 12.3 Å². The molecule has 1 aliphatic rings. The molecule has 0 spiro atoms. The Morgan fingerprint density at radius 3 is 2.77 bits per heavy atom. The number of rotatable bonds is 2. The standard InChI is InChI=1S/C10H17N3/c1-10(5-2-3-6-10)8-13-7-4-9(11)12-13/h4,7H,2-3,5-6,8H2,1H3,(H2,11,12). The molecule has 1 fully saturated rings. The lowest BCUT2D eigenvalue weighted by molar-refractivity contribution is 0.268. The van der Waals surface area contributed by atoms with Crippen LogP contribution in [0.25, 0.3) is 0 Å². The van der Waals surface area contributed by atoms with Crippen molar-refractivity contribution in [3.63, 3.8) is 0 Å². The fourth-order valence-corrected chi connectivity index (χ4v) is 2.24. The van der Waals surface area contributed by atoms with Crippen molar-refractivity contribution in [2.24, 2.45) is 5.41 Å². The minimum Gasteiger partial charge on any atom is -0.382 e. The lowest BCUT2D eigenvalue weighted by Gasteiger charge is -2.22. The molecular formula is C10H17N3. The quantitative estimate of drug-likeness (QED) is 0.755. The van der Waals surface area contributed by atoms with E-state index in [9.17, 15) is 0 Å². The maximum absolute atomic E-state index is 5.56. The summed E-state index contributed by atoms with van der Waals surface area (Å²) in [4.78, 5) is 0. The molecule has 0 aromatic carbocycles. The van der Waals surface area contributed by atoms with Crippen molar-refractivity contribution in [2.75, 3.05) is 5.73 Å². The van der Waals surface area contributed by atoms with Gasteiger partial charge in [-0.3, -0.25) is 4.68 Å². The van der Waals surface area contributed by atoms with E-state index in [1.54, 1.807) is 0 Å². The van der Waals surface area contributed by atoms with Gasteiger partial charge < -0.3 is 5.73 Å². The summed E-state index contributed by atoms with van der Waals surface area (Å²) in [5.74, 6) is 0.626. The van der Waals surface area contributed by atoms with Crippen molar-refractivity contribution in [1.82, 2.24) is 9.78 Å². The van der Waals surface area contributed by atoms with Crippen LogP contribution in [-0.2, 0) is 6.54 Å². The van der Waals surface area contributed by atoms with Gasteiger partial charge in [-0.1, -0.05) is 19.8 Å². The number of anilines is 1. The molecule has 13 heavy (non-hydrogen) atoms. The topological polar surface area (TPSA) is 43.8 Å². The van der Waals surface area contributed by atoms with Crippen LogP contribution >= 0.6 is 0 Å². The highest BCUT2D eigenvalue weighted by Gasteiger charge is 2.29. The lowest BCUT2D eigenvalue weighted by atomic mass is 9.89. The maximum atomic E-state index is 5.56. The predicted octanol–water partition coefficient (Wildman–Crippen LogP) is 2.05. The van der Waals surface area contributed by atoms with Crippen LogP contribution in [0.3, 0.4) is 0 Å². The van der Waals surface area contributed by atoms with Gasteiger partial charge in [0.2, 0.25) is 0 Å². The molecule has 0 atom stereocenters. The molecule has 0 radical (unpaired) electrons. The molecule has 0 aliphatic heterocycles. The molecule has 1 aromatic rings. The van der Waals surface area contributed by atoms with Crippen LogP contribution in [0.5, 0.6) is 0 Å². The number of nitrogens with zero attached hydrogens (tertiary/aromatic N) is 2. The van der Waals surface area contributed by atoms with E-state index in [-0.39, 0.29) is 0 Å². The van der Waals surface area contributed by atoms with Gasteiger partial charge in [-0.2, -0.15) is 5.10 Å². The third kappa shape index (κ3) is 1.85. The highest BCUT2D eigenvalue weighted by atomic mass is 15.3. The van der Waals surface area contributed by atoms with Crippen LogP contribution in [0.2, 0.25) is 0 Å². The summed E-state index contributed by atoms with van der Waals surface area (Å²) < 4.78 is 1.97. The second-order valence-electron chi connectivity index (χ2n) is 4.46. The zero-order chi connectivity index (χ0) is 9.31. The molecule has 1 heterocycles. The minimum absolute atomic E-state index is 0.457. The molecule has 2 N–H and O–H groups in total. The Morgan fingerprint density at radius 2 is 2.23 bits per heavy atom. The Kier molecular flexibility index (Phi) is 2.02. The number of nitrogen functional groups attached to an aromatic ring is 1. The van der Waals surface area contributed by atoms with E-state index in [2.05, 4.69) is 12.0 Å². The first kappa shape index (κ1) is 8.60. The average Bonchev–Trinajstić information content (AvgIpc) is 2.62. The summed E-state index contributed by atoms with van der Waals surface area (Å²) in [7, 11) is 0. The SMILES string of the molecule is CC1(Cn2ccc(N)n2)CCCC1. The zero-order valence-electron chi connectivity index (χ0n) is 8.16. The monoisotopic (exact) mass is 179 g/mol. The van der Waals surface area contributed by atoms with Crippen LogP contribution in [0.1, 0.15) is 32.6 Å². The first-order valence-corrected chi connectivity index (χ1v) is 4.97. The minimum atomic E-state index is 0.457. The third-order valence-electron chi connectivity index (χ3n) is 3.02. The van der Waals surface area contributed by atoms with E-state index in [4.69, 9.17) is 5.73 Å². The molecule has 2 rings (SSSR count). The summed E-state index contributed by atoms with van der Waals surface area (Å²) in [6.07, 6.45) is 7.36. The van der Waals surface area contributed by atoms with Crippen molar-refractivity contribution in [1.29, 1.82) is 0 Å². The fraction of sp³-hybridized carbons (Fsp3) is 0.700. The zero-order valence-corrected chi connectivity index (χ0v) is 8.16. The lowest BCUT2D eigenvalue weighted by Crippen LogP contribution is -2.19. The number of nitrogens with two attached hydrogens (primary N) is 1. The van der Waals surface area contributed by atoms with Gasteiger partial charge in [0.15, 0.2) is 0 Å². The Hall–Kier alpha value is -0.990. The van der Waals surface area contributed by atoms with Gasteiger partial charge >= 0.3 is 0 Å². The van der Waals surface area contributed by atoms with Gasteiger partial charge in [-0.15, -0.1) is 0 Å². The summed E-state index contributed by atoms with van der Waals surface area (Å²) in [6, 6.07) is 1.86. The van der Waals surface area contributed by atoms with E-state index >= 15 is 0 Å². The van der Waals surface area contributed by atoms with Crippen LogP contribution in [0, 0.1) is 5.41 Å². The van der Waals surface area contributed by atoms with E-state index in [0.29, 0.717) is 11.2 Å². The van der Waals surface area contributed by atoms with E-state index in [0.717, 1.165) is 6.54 Å². The van der Waals surface area contributed by atoms with Crippen molar-refractivity contribution in [3.8, 4) is 0 Å². The average molecular weight is 179 g/mol. The summed E-state index contributed by atoms with van der Waals surface area (Å²) in [5.41, 5.74) is 6.02. The molecule has 1 aliphatic carbocycles. The highest BCUT2D eigenvalue weighted by molar-refractivity contribution is 5.23. The summed E-state index contributed by atoms with van der Waals surface area (Å²) in [5, 5.41) is 4.21. The summed E-state index contributed by atoms with van der Waals surface area (Å²) >= 11 is 0. The van der Waals surface area contributed by atoms with Gasteiger partial charge in [0.1, 0.15) is 5.82 Å². The highest BCUT2D eigenvalue weighted by Crippen LogP contribution is 2.38. The smallest absolute Gasteiger partial charge is 0.145 e. The first-order chi connectivity index (χ1) is 6.18. The normalized spacial score (nSPS) is 20.7. The van der Waals surface area contributed by atoms with Gasteiger partial charge in [0, 0.05) is 12.7 Å². The van der Waals surface area contributed by atoms with Crippen molar-refractivity contribution < 1.29 is 0 Å². The number of hydrogen-bond acceptors (Lipinski definition) is 2. The van der Waals surface area contributed by atoms with E-state index in [1.165, 1.54) is 25.7 Å². The van der Waals surface area contributed by atoms with Gasteiger partial charge in [0.25, 0.3) is 0 Å². The predicted molar refractivity (Wildman–Crippen MR) is 53.2 cm³/mol. The number of hydrogen-bond donors (Lipinski definition) is 1. The van der Waals surface area contributed by atoms with Crippen LogP contribution in [0.4, 0.5) is 5.82 Å². The molecule has 0 bridgehead atoms. The van der Waals surface area contributed by atoms with E-state index in [1.807, 2.05) is 16.9 Å². The molecule has 0 amide bonds. The molecule has 0 saturated heterocycles. The molecular weight excluding hydrogens is 162 g/mol. The van der Waals surface area contributed by atoms with Gasteiger partial charge in [-0.25, -0.2) is 0 Å². The third-order valence-corrected chi connectivity index (χ3v) is 3.02. The molecule has 3 nitrogen and oxygen atoms in total. The van der Waals surface area contributed by atoms with E-state index < -0.39 is 0 Å². The van der Waals surface area contributed by atoms with Crippen LogP contribution in [-0.4, -0.2) is 9.78 Å². The molecule has 1 saturated carbocycles. The van der Waals surface area contributed by atoms with Crippen LogP contribution < -0.4 is 5.73 Å². The molecule has 0 unspecified atom stereocenters. The first-order valence-electron chi connectivity index (χ1n) is 4.97. The second-order valence-corrected chi connectivity index (χ2v) is 4.46.